The molecule has 21 heavy (non-hydrogen) atoms. The van der Waals surface area contributed by atoms with Crippen LogP contribution in [0.4, 0.5) is 13.2 Å². The molecule has 4 nitrogen and oxygen atoms in total. The molecule has 0 aliphatic carbocycles. The van der Waals surface area contributed by atoms with E-state index in [1.54, 1.807) is 0 Å². The van der Waals surface area contributed by atoms with E-state index < -0.39 is 23.6 Å². The molecule has 1 aromatic heterocycles. The monoisotopic (exact) mass is 361 g/mol. The minimum Gasteiger partial charge on any atom is -0.478 e. The number of halogens is 4. The van der Waals surface area contributed by atoms with E-state index in [2.05, 4.69) is 20.9 Å². The van der Waals surface area contributed by atoms with E-state index >= 15 is 0 Å². The number of carbonyl (C=O) groups is 1. The van der Waals surface area contributed by atoms with Crippen LogP contribution in [0, 0.1) is 0 Å². The summed E-state index contributed by atoms with van der Waals surface area (Å²) in [6, 6.07) is 5.74. The Hall–Kier alpha value is -2.09. The molecule has 0 aliphatic rings. The van der Waals surface area contributed by atoms with Crippen molar-refractivity contribution in [2.45, 2.75) is 6.18 Å². The Kier molecular flexibility index (Phi) is 4.17. The maximum atomic E-state index is 12.8. The maximum absolute atomic E-state index is 12.8. The summed E-state index contributed by atoms with van der Waals surface area (Å²) in [4.78, 5) is 14.4. The number of ether oxygens (including phenoxy) is 1. The Labute approximate surface area is 125 Å². The lowest BCUT2D eigenvalue weighted by atomic mass is 10.2. The third kappa shape index (κ3) is 3.52. The van der Waals surface area contributed by atoms with Gasteiger partial charge in [0.05, 0.1) is 10.0 Å². The van der Waals surface area contributed by atoms with Gasteiger partial charge in [0.1, 0.15) is 11.3 Å². The number of benzene rings is 1. The lowest BCUT2D eigenvalue weighted by Crippen LogP contribution is -2.08. The topological polar surface area (TPSA) is 59.4 Å². The largest absolute Gasteiger partial charge is 0.478 e. The van der Waals surface area contributed by atoms with Crippen molar-refractivity contribution in [2.75, 3.05) is 0 Å². The molecule has 1 aromatic carbocycles. The van der Waals surface area contributed by atoms with Crippen LogP contribution in [0.2, 0.25) is 0 Å². The Morgan fingerprint density at radius 2 is 2.00 bits per heavy atom. The highest BCUT2D eigenvalue weighted by Crippen LogP contribution is 2.38. The Morgan fingerprint density at radius 1 is 1.29 bits per heavy atom. The van der Waals surface area contributed by atoms with Crippen LogP contribution in [0.25, 0.3) is 0 Å². The summed E-state index contributed by atoms with van der Waals surface area (Å²) in [6.45, 7) is 0. The number of rotatable bonds is 3. The van der Waals surface area contributed by atoms with E-state index in [4.69, 9.17) is 9.84 Å². The standard InChI is InChI=1S/C13H7BrF3NO3/c14-9-4-3-7(12(19)20)6-10(9)21-11-8(13(15,16)17)2-1-5-18-11/h1-6H,(H,19,20). The number of aromatic nitrogens is 1. The molecule has 1 N–H and O–H groups in total. The van der Waals surface area contributed by atoms with Crippen molar-refractivity contribution in [1.29, 1.82) is 0 Å². The van der Waals surface area contributed by atoms with Crippen LogP contribution in [0.5, 0.6) is 11.6 Å². The van der Waals surface area contributed by atoms with Crippen molar-refractivity contribution in [3.8, 4) is 11.6 Å². The molecule has 0 unspecified atom stereocenters. The average molecular weight is 362 g/mol. The van der Waals surface area contributed by atoms with Crippen LogP contribution in [-0.4, -0.2) is 16.1 Å². The first-order valence-corrected chi connectivity index (χ1v) is 6.31. The Morgan fingerprint density at radius 3 is 2.62 bits per heavy atom. The van der Waals surface area contributed by atoms with Crippen molar-refractivity contribution in [3.05, 3.63) is 52.1 Å². The zero-order valence-corrected chi connectivity index (χ0v) is 11.8. The highest BCUT2D eigenvalue weighted by molar-refractivity contribution is 9.10. The first-order valence-electron chi connectivity index (χ1n) is 5.52. The molecule has 0 atom stereocenters. The van der Waals surface area contributed by atoms with Crippen molar-refractivity contribution in [2.24, 2.45) is 0 Å². The van der Waals surface area contributed by atoms with Crippen molar-refractivity contribution in [3.63, 3.8) is 0 Å². The summed E-state index contributed by atoms with van der Waals surface area (Å²) in [7, 11) is 0. The summed E-state index contributed by atoms with van der Waals surface area (Å²) >= 11 is 3.09. The average Bonchev–Trinajstić information content (AvgIpc) is 2.40. The van der Waals surface area contributed by atoms with Gasteiger partial charge in [-0.3, -0.25) is 0 Å². The van der Waals surface area contributed by atoms with Crippen molar-refractivity contribution < 1.29 is 27.8 Å². The molecule has 0 saturated heterocycles. The van der Waals surface area contributed by atoms with Gasteiger partial charge in [-0.1, -0.05) is 0 Å². The first kappa shape index (κ1) is 15.3. The fourth-order valence-corrected chi connectivity index (χ4v) is 1.83. The van der Waals surface area contributed by atoms with Gasteiger partial charge in [-0.15, -0.1) is 0 Å². The number of alkyl halides is 3. The lowest BCUT2D eigenvalue weighted by molar-refractivity contribution is -0.138. The Bertz CT molecular complexity index is 689. The van der Waals surface area contributed by atoms with Crippen LogP contribution in [0.1, 0.15) is 15.9 Å². The first-order chi connectivity index (χ1) is 9.79. The summed E-state index contributed by atoms with van der Waals surface area (Å²) in [5, 5.41) is 8.88. The predicted octanol–water partition coefficient (Wildman–Crippen LogP) is 4.35. The van der Waals surface area contributed by atoms with E-state index in [1.807, 2.05) is 0 Å². The number of carboxylic acids is 1. The second-order valence-electron chi connectivity index (χ2n) is 3.91. The molecule has 0 spiro atoms. The molecule has 2 aromatic rings. The van der Waals surface area contributed by atoms with Gasteiger partial charge in [0.15, 0.2) is 0 Å². The second-order valence-corrected chi connectivity index (χ2v) is 4.76. The minimum absolute atomic E-state index is 0.0703. The number of hydrogen-bond acceptors (Lipinski definition) is 3. The van der Waals surface area contributed by atoms with E-state index in [9.17, 15) is 18.0 Å². The fourth-order valence-electron chi connectivity index (χ4n) is 1.51. The number of nitrogens with zero attached hydrogens (tertiary/aromatic N) is 1. The van der Waals surface area contributed by atoms with Gasteiger partial charge in [-0.25, -0.2) is 9.78 Å². The zero-order chi connectivity index (χ0) is 15.6. The fraction of sp³-hybridized carbons (Fsp3) is 0.0769. The quantitative estimate of drug-likeness (QED) is 0.882. The Balaban J connectivity index is 2.44. The van der Waals surface area contributed by atoms with Crippen LogP contribution >= 0.6 is 15.9 Å². The highest BCUT2D eigenvalue weighted by atomic mass is 79.9. The third-order valence-electron chi connectivity index (χ3n) is 2.46. The van der Waals surface area contributed by atoms with Gasteiger partial charge >= 0.3 is 12.1 Å². The number of aromatic carboxylic acids is 1. The normalized spacial score (nSPS) is 11.2. The maximum Gasteiger partial charge on any atom is 0.421 e. The smallest absolute Gasteiger partial charge is 0.421 e. The number of carboxylic acid groups (broad SMARTS) is 1. The molecule has 1 heterocycles. The summed E-state index contributed by atoms with van der Waals surface area (Å²) in [5.74, 6) is -1.93. The summed E-state index contributed by atoms with van der Waals surface area (Å²) < 4.78 is 43.9. The second kappa shape index (κ2) is 5.72. The molecule has 0 saturated carbocycles. The van der Waals surface area contributed by atoms with Gasteiger partial charge in [0.25, 0.3) is 0 Å². The van der Waals surface area contributed by atoms with Crippen LogP contribution < -0.4 is 4.74 Å². The van der Waals surface area contributed by atoms with E-state index in [0.717, 1.165) is 24.4 Å². The summed E-state index contributed by atoms with van der Waals surface area (Å²) in [6.07, 6.45) is -3.47. The van der Waals surface area contributed by atoms with E-state index in [1.165, 1.54) is 12.1 Å². The SMILES string of the molecule is O=C(O)c1ccc(Br)c(Oc2ncccc2C(F)(F)F)c1. The van der Waals surface area contributed by atoms with Gasteiger partial charge in [-0.05, 0) is 46.3 Å². The molecule has 0 fully saturated rings. The molecule has 110 valence electrons. The molecular weight excluding hydrogens is 355 g/mol. The lowest BCUT2D eigenvalue weighted by Gasteiger charge is -2.13. The van der Waals surface area contributed by atoms with Crippen molar-refractivity contribution >= 4 is 21.9 Å². The minimum atomic E-state index is -4.62. The molecular formula is C13H7BrF3NO3. The van der Waals surface area contributed by atoms with E-state index in [0.29, 0.717) is 4.47 Å². The molecule has 0 radical (unpaired) electrons. The van der Waals surface area contributed by atoms with Crippen LogP contribution in [0.3, 0.4) is 0 Å². The van der Waals surface area contributed by atoms with Crippen LogP contribution in [0.15, 0.2) is 41.0 Å². The number of pyridine rings is 1. The van der Waals surface area contributed by atoms with Crippen LogP contribution in [-0.2, 0) is 6.18 Å². The van der Waals surface area contributed by atoms with Gasteiger partial charge in [0, 0.05) is 6.20 Å². The third-order valence-corrected chi connectivity index (χ3v) is 3.12. The van der Waals surface area contributed by atoms with Gasteiger partial charge in [-0.2, -0.15) is 13.2 Å². The highest BCUT2D eigenvalue weighted by Gasteiger charge is 2.35. The zero-order valence-electron chi connectivity index (χ0n) is 10.2. The van der Waals surface area contributed by atoms with Crippen molar-refractivity contribution in [1.82, 2.24) is 4.98 Å². The van der Waals surface area contributed by atoms with Gasteiger partial charge < -0.3 is 9.84 Å². The van der Waals surface area contributed by atoms with E-state index in [-0.39, 0.29) is 11.3 Å². The molecule has 0 bridgehead atoms. The predicted molar refractivity (Wildman–Crippen MR) is 70.4 cm³/mol. The molecule has 0 aliphatic heterocycles. The summed E-state index contributed by atoms with van der Waals surface area (Å²) in [5.41, 5.74) is -1.16. The number of hydrogen-bond donors (Lipinski definition) is 1. The molecule has 0 amide bonds. The van der Waals surface area contributed by atoms with Gasteiger partial charge in [0.2, 0.25) is 5.88 Å². The molecule has 2 rings (SSSR count). The molecule has 8 heteroatoms.